The molecule has 1 saturated heterocycles. The molecule has 1 aromatic carbocycles. The highest BCUT2D eigenvalue weighted by atomic mass is 127. The normalized spacial score (nSPS) is 16.8. The van der Waals surface area contributed by atoms with Crippen LogP contribution in [-0.2, 0) is 14.9 Å². The summed E-state index contributed by atoms with van der Waals surface area (Å²) in [5, 5.41) is 6.67. The summed E-state index contributed by atoms with van der Waals surface area (Å²) in [6.07, 6.45) is 2.03. The van der Waals surface area contributed by atoms with Crippen molar-refractivity contribution in [2.45, 2.75) is 32.1 Å². The van der Waals surface area contributed by atoms with E-state index in [2.05, 4.69) is 47.9 Å². The first-order valence-electron chi connectivity index (χ1n) is 9.04. The molecule has 0 spiro atoms. The molecule has 0 amide bonds. The molecule has 0 aliphatic carbocycles. The molecule has 0 unspecified atom stereocenters. The summed E-state index contributed by atoms with van der Waals surface area (Å²) in [6, 6.07) is 10.7. The number of benzene rings is 1. The van der Waals surface area contributed by atoms with Crippen molar-refractivity contribution in [1.82, 2.24) is 10.6 Å². The van der Waals surface area contributed by atoms with Crippen LogP contribution in [0.25, 0.3) is 0 Å². The van der Waals surface area contributed by atoms with Crippen molar-refractivity contribution in [3.8, 4) is 0 Å². The van der Waals surface area contributed by atoms with Crippen LogP contribution in [0.2, 0.25) is 0 Å². The van der Waals surface area contributed by atoms with Gasteiger partial charge in [-0.05, 0) is 32.3 Å². The molecule has 2 N–H and O–H groups in total. The SMILES string of the molecule is CCNC(=NCC1(c2ccccc2)CCOCC1)NCCOCC.I. The maximum atomic E-state index is 5.60. The lowest BCUT2D eigenvalue weighted by Gasteiger charge is -2.36. The summed E-state index contributed by atoms with van der Waals surface area (Å²) in [4.78, 5) is 4.87. The van der Waals surface area contributed by atoms with E-state index in [1.54, 1.807) is 0 Å². The molecule has 142 valence electrons. The van der Waals surface area contributed by atoms with Gasteiger partial charge in [-0.25, -0.2) is 0 Å². The van der Waals surface area contributed by atoms with E-state index in [9.17, 15) is 0 Å². The fraction of sp³-hybridized carbons (Fsp3) is 0.632. The molecule has 0 saturated carbocycles. The summed E-state index contributed by atoms with van der Waals surface area (Å²) in [5.74, 6) is 0.860. The van der Waals surface area contributed by atoms with E-state index in [0.29, 0.717) is 6.61 Å². The number of aliphatic imine (C=N–C) groups is 1. The number of halogens is 1. The third kappa shape index (κ3) is 7.11. The largest absolute Gasteiger partial charge is 0.381 e. The molecule has 0 bridgehead atoms. The lowest BCUT2D eigenvalue weighted by atomic mass is 9.74. The van der Waals surface area contributed by atoms with Crippen molar-refractivity contribution in [1.29, 1.82) is 0 Å². The molecule has 1 aliphatic rings. The highest BCUT2D eigenvalue weighted by Gasteiger charge is 2.34. The standard InChI is InChI=1S/C19H31N3O2.HI/c1-3-20-18(21-12-15-23-4-2)22-16-19(10-13-24-14-11-19)17-8-6-5-7-9-17;/h5-9H,3-4,10-16H2,1-2H3,(H2,20,21,22);1H. The summed E-state index contributed by atoms with van der Waals surface area (Å²) < 4.78 is 11.0. The van der Waals surface area contributed by atoms with Crippen LogP contribution in [0.4, 0.5) is 0 Å². The number of nitrogens with zero attached hydrogens (tertiary/aromatic N) is 1. The number of rotatable bonds is 8. The Bertz CT molecular complexity index is 491. The number of guanidine groups is 1. The van der Waals surface area contributed by atoms with Crippen LogP contribution in [0.5, 0.6) is 0 Å². The van der Waals surface area contributed by atoms with Gasteiger partial charge in [-0.1, -0.05) is 30.3 Å². The summed E-state index contributed by atoms with van der Waals surface area (Å²) in [7, 11) is 0. The maximum absolute atomic E-state index is 5.60. The van der Waals surface area contributed by atoms with Crippen molar-refractivity contribution in [2.24, 2.45) is 4.99 Å². The minimum Gasteiger partial charge on any atom is -0.381 e. The average Bonchev–Trinajstić information content (AvgIpc) is 2.64. The Balaban J connectivity index is 0.00000312. The highest BCUT2D eigenvalue weighted by Crippen LogP contribution is 2.35. The monoisotopic (exact) mass is 461 g/mol. The predicted octanol–water partition coefficient (Wildman–Crippen LogP) is 2.94. The lowest BCUT2D eigenvalue weighted by Crippen LogP contribution is -2.42. The summed E-state index contributed by atoms with van der Waals surface area (Å²) in [5.41, 5.74) is 1.43. The Kier molecular flexibility index (Phi) is 11.1. The van der Waals surface area contributed by atoms with E-state index in [0.717, 1.165) is 58.3 Å². The van der Waals surface area contributed by atoms with Crippen LogP contribution >= 0.6 is 24.0 Å². The second-order valence-electron chi connectivity index (χ2n) is 6.08. The van der Waals surface area contributed by atoms with Gasteiger partial charge in [-0.15, -0.1) is 24.0 Å². The zero-order chi connectivity index (χ0) is 17.1. The van der Waals surface area contributed by atoms with Crippen molar-refractivity contribution >= 4 is 29.9 Å². The van der Waals surface area contributed by atoms with Gasteiger partial charge in [0.2, 0.25) is 0 Å². The average molecular weight is 461 g/mol. The van der Waals surface area contributed by atoms with E-state index in [1.165, 1.54) is 5.56 Å². The minimum absolute atomic E-state index is 0. The quantitative estimate of drug-likeness (QED) is 0.271. The van der Waals surface area contributed by atoms with Crippen LogP contribution in [0.1, 0.15) is 32.3 Å². The van der Waals surface area contributed by atoms with Gasteiger partial charge in [0, 0.05) is 38.3 Å². The molecule has 1 aromatic rings. The van der Waals surface area contributed by atoms with Gasteiger partial charge in [0.15, 0.2) is 5.96 Å². The van der Waals surface area contributed by atoms with Gasteiger partial charge in [-0.2, -0.15) is 0 Å². The van der Waals surface area contributed by atoms with Crippen molar-refractivity contribution < 1.29 is 9.47 Å². The Hall–Kier alpha value is -0.860. The van der Waals surface area contributed by atoms with Crippen molar-refractivity contribution in [3.05, 3.63) is 35.9 Å². The van der Waals surface area contributed by atoms with Gasteiger partial charge >= 0.3 is 0 Å². The van der Waals surface area contributed by atoms with E-state index in [4.69, 9.17) is 14.5 Å². The van der Waals surface area contributed by atoms with E-state index >= 15 is 0 Å². The molecule has 0 atom stereocenters. The lowest BCUT2D eigenvalue weighted by molar-refractivity contribution is 0.0531. The highest BCUT2D eigenvalue weighted by molar-refractivity contribution is 14.0. The smallest absolute Gasteiger partial charge is 0.191 e. The topological polar surface area (TPSA) is 54.9 Å². The van der Waals surface area contributed by atoms with E-state index in [-0.39, 0.29) is 29.4 Å². The van der Waals surface area contributed by atoms with Crippen LogP contribution in [-0.4, -0.2) is 52.0 Å². The number of hydrogen-bond acceptors (Lipinski definition) is 3. The van der Waals surface area contributed by atoms with Gasteiger partial charge in [0.25, 0.3) is 0 Å². The summed E-state index contributed by atoms with van der Waals surface area (Å²) in [6.45, 7) is 9.52. The van der Waals surface area contributed by atoms with Gasteiger partial charge in [-0.3, -0.25) is 4.99 Å². The fourth-order valence-electron chi connectivity index (χ4n) is 3.05. The first kappa shape index (κ1) is 22.2. The van der Waals surface area contributed by atoms with Crippen molar-refractivity contribution in [2.75, 3.05) is 46.1 Å². The van der Waals surface area contributed by atoms with E-state index in [1.807, 2.05) is 6.92 Å². The Labute approximate surface area is 169 Å². The summed E-state index contributed by atoms with van der Waals surface area (Å²) >= 11 is 0. The fourth-order valence-corrected chi connectivity index (χ4v) is 3.05. The Morgan fingerprint density at radius 1 is 1.16 bits per heavy atom. The van der Waals surface area contributed by atoms with Crippen LogP contribution < -0.4 is 10.6 Å². The van der Waals surface area contributed by atoms with E-state index < -0.39 is 0 Å². The Morgan fingerprint density at radius 3 is 2.52 bits per heavy atom. The molecule has 0 aromatic heterocycles. The minimum atomic E-state index is 0. The molecule has 1 heterocycles. The molecule has 25 heavy (non-hydrogen) atoms. The van der Waals surface area contributed by atoms with Gasteiger partial charge in [0.1, 0.15) is 0 Å². The van der Waals surface area contributed by atoms with Crippen LogP contribution in [0.15, 0.2) is 35.3 Å². The van der Waals surface area contributed by atoms with Crippen LogP contribution in [0, 0.1) is 0 Å². The first-order chi connectivity index (χ1) is 11.8. The molecule has 0 radical (unpaired) electrons. The number of nitrogens with one attached hydrogen (secondary N) is 2. The van der Waals surface area contributed by atoms with Gasteiger partial charge in [0.05, 0.1) is 13.2 Å². The molecular weight excluding hydrogens is 429 g/mol. The maximum Gasteiger partial charge on any atom is 0.191 e. The first-order valence-corrected chi connectivity index (χ1v) is 9.04. The van der Waals surface area contributed by atoms with Crippen molar-refractivity contribution in [3.63, 3.8) is 0 Å². The Morgan fingerprint density at radius 2 is 1.88 bits per heavy atom. The third-order valence-corrected chi connectivity index (χ3v) is 4.46. The second-order valence-corrected chi connectivity index (χ2v) is 6.08. The zero-order valence-corrected chi connectivity index (χ0v) is 17.8. The molecule has 2 rings (SSSR count). The number of hydrogen-bond donors (Lipinski definition) is 2. The second kappa shape index (κ2) is 12.5. The molecular formula is C19H32IN3O2. The van der Waals surface area contributed by atoms with Crippen LogP contribution in [0.3, 0.4) is 0 Å². The molecule has 1 aliphatic heterocycles. The number of ether oxygens (including phenoxy) is 2. The third-order valence-electron chi connectivity index (χ3n) is 4.46. The molecule has 5 nitrogen and oxygen atoms in total. The zero-order valence-electron chi connectivity index (χ0n) is 15.4. The molecule has 1 fully saturated rings. The van der Waals surface area contributed by atoms with Gasteiger partial charge < -0.3 is 20.1 Å². The molecule has 6 heteroatoms. The predicted molar refractivity (Wildman–Crippen MR) is 114 cm³/mol.